The quantitative estimate of drug-likeness (QED) is 0.496. The Hall–Kier alpha value is -1.88. The molecule has 0 bridgehead atoms. The van der Waals surface area contributed by atoms with Crippen molar-refractivity contribution in [1.82, 2.24) is 10.6 Å². The number of nitrogen functional groups attached to an aromatic ring is 1. The van der Waals surface area contributed by atoms with Gasteiger partial charge >= 0.3 is 0 Å². The minimum Gasteiger partial charge on any atom is -0.398 e. The van der Waals surface area contributed by atoms with E-state index in [9.17, 15) is 9.59 Å². The maximum atomic E-state index is 11.9. The van der Waals surface area contributed by atoms with Gasteiger partial charge in [-0.15, -0.1) is 0 Å². The van der Waals surface area contributed by atoms with Crippen LogP contribution in [0, 0.1) is 5.92 Å². The molecule has 5 heteroatoms. The summed E-state index contributed by atoms with van der Waals surface area (Å²) < 4.78 is 0. The van der Waals surface area contributed by atoms with Crippen LogP contribution in [-0.4, -0.2) is 11.8 Å². The second kappa shape index (κ2) is 4.10. The second-order valence-corrected chi connectivity index (χ2v) is 4.83. The number of imide groups is 1. The van der Waals surface area contributed by atoms with Gasteiger partial charge in [0.05, 0.1) is 5.92 Å². The Morgan fingerprint density at radius 3 is 2.89 bits per heavy atom. The van der Waals surface area contributed by atoms with Gasteiger partial charge in [-0.1, -0.05) is 12.1 Å². The van der Waals surface area contributed by atoms with Gasteiger partial charge in [0.15, 0.2) is 0 Å². The lowest BCUT2D eigenvalue weighted by Crippen LogP contribution is -2.44. The van der Waals surface area contributed by atoms with E-state index in [0.29, 0.717) is 19.4 Å². The molecule has 0 aromatic heterocycles. The molecule has 1 saturated heterocycles. The van der Waals surface area contributed by atoms with Crippen molar-refractivity contribution in [2.24, 2.45) is 5.92 Å². The molecule has 1 aromatic carbocycles. The van der Waals surface area contributed by atoms with E-state index in [1.165, 1.54) is 0 Å². The van der Waals surface area contributed by atoms with E-state index in [0.717, 1.165) is 16.8 Å². The molecule has 2 aliphatic heterocycles. The van der Waals surface area contributed by atoms with Crippen molar-refractivity contribution in [2.45, 2.75) is 25.4 Å². The van der Waals surface area contributed by atoms with Crippen LogP contribution in [0.15, 0.2) is 18.2 Å². The summed E-state index contributed by atoms with van der Waals surface area (Å²) in [5.41, 5.74) is 8.85. The number of fused-ring (bicyclic) bond motifs is 1. The average molecular weight is 245 g/mol. The summed E-state index contributed by atoms with van der Waals surface area (Å²) in [6.07, 6.45) is 1.00. The van der Waals surface area contributed by atoms with E-state index in [1.807, 2.05) is 18.2 Å². The highest BCUT2D eigenvalue weighted by Crippen LogP contribution is 2.36. The Morgan fingerprint density at radius 2 is 2.11 bits per heavy atom. The van der Waals surface area contributed by atoms with Gasteiger partial charge in [-0.05, 0) is 23.6 Å². The molecule has 2 unspecified atom stereocenters. The van der Waals surface area contributed by atoms with Crippen LogP contribution in [0.5, 0.6) is 0 Å². The number of nitrogens with one attached hydrogen (secondary N) is 2. The molecular formula is C13H15N3O2. The van der Waals surface area contributed by atoms with Crippen molar-refractivity contribution in [1.29, 1.82) is 0 Å². The molecule has 0 spiro atoms. The number of hydrogen-bond acceptors (Lipinski definition) is 4. The summed E-state index contributed by atoms with van der Waals surface area (Å²) in [6.45, 7) is 0.685. The fourth-order valence-corrected chi connectivity index (χ4v) is 2.83. The summed E-state index contributed by atoms with van der Waals surface area (Å²) >= 11 is 0. The Bertz CT molecular complexity index is 527. The molecule has 18 heavy (non-hydrogen) atoms. The van der Waals surface area contributed by atoms with Crippen LogP contribution in [-0.2, 0) is 16.1 Å². The number of nitrogens with two attached hydrogens (primary N) is 1. The largest absolute Gasteiger partial charge is 0.398 e. The predicted octanol–water partition coefficient (Wildman–Crippen LogP) is 0.466. The average Bonchev–Trinajstić information content (AvgIpc) is 2.74. The molecule has 4 N–H and O–H groups in total. The first-order valence-corrected chi connectivity index (χ1v) is 6.11. The number of amides is 2. The minimum absolute atomic E-state index is 0.0309. The number of carbonyl (C=O) groups is 2. The molecule has 2 aliphatic rings. The standard InChI is InChI=1S/C13H15N3O2/c14-10-3-1-2-7-9(10)6-15-12(7)8-4-5-11(17)16-13(8)18/h1-3,8,12,15H,4-6,14H2,(H,16,17,18). The summed E-state index contributed by atoms with van der Waals surface area (Å²) in [4.78, 5) is 23.0. The van der Waals surface area contributed by atoms with E-state index < -0.39 is 0 Å². The second-order valence-electron chi connectivity index (χ2n) is 4.83. The maximum Gasteiger partial charge on any atom is 0.231 e. The molecule has 2 atom stereocenters. The molecule has 5 nitrogen and oxygen atoms in total. The van der Waals surface area contributed by atoms with Gasteiger partial charge in [-0.3, -0.25) is 14.9 Å². The highest BCUT2D eigenvalue weighted by molar-refractivity contribution is 5.99. The molecule has 0 radical (unpaired) electrons. The van der Waals surface area contributed by atoms with Crippen LogP contribution >= 0.6 is 0 Å². The Kier molecular flexibility index (Phi) is 2.56. The van der Waals surface area contributed by atoms with E-state index in [1.54, 1.807) is 0 Å². The zero-order chi connectivity index (χ0) is 12.7. The highest BCUT2D eigenvalue weighted by Gasteiger charge is 2.37. The molecular weight excluding hydrogens is 230 g/mol. The molecule has 1 fully saturated rings. The topological polar surface area (TPSA) is 84.2 Å². The monoisotopic (exact) mass is 245 g/mol. The summed E-state index contributed by atoms with van der Waals surface area (Å²) in [6, 6.07) is 5.74. The minimum atomic E-state index is -0.189. The zero-order valence-electron chi connectivity index (χ0n) is 9.90. The first kappa shape index (κ1) is 11.2. The number of anilines is 1. The fraction of sp³-hybridized carbons (Fsp3) is 0.385. The Morgan fingerprint density at radius 1 is 1.28 bits per heavy atom. The van der Waals surface area contributed by atoms with Crippen LogP contribution in [0.1, 0.15) is 30.0 Å². The molecule has 3 rings (SSSR count). The fourth-order valence-electron chi connectivity index (χ4n) is 2.83. The van der Waals surface area contributed by atoms with Gasteiger partial charge in [0.25, 0.3) is 0 Å². The van der Waals surface area contributed by atoms with E-state index in [2.05, 4.69) is 10.6 Å². The van der Waals surface area contributed by atoms with Gasteiger partial charge < -0.3 is 11.1 Å². The predicted molar refractivity (Wildman–Crippen MR) is 66.3 cm³/mol. The zero-order valence-corrected chi connectivity index (χ0v) is 9.90. The Balaban J connectivity index is 1.90. The number of benzene rings is 1. The number of piperidine rings is 1. The summed E-state index contributed by atoms with van der Waals surface area (Å²) in [5, 5.41) is 5.73. The summed E-state index contributed by atoms with van der Waals surface area (Å²) in [7, 11) is 0. The molecule has 2 amide bonds. The number of rotatable bonds is 1. The van der Waals surface area contributed by atoms with Crippen molar-refractivity contribution in [3.05, 3.63) is 29.3 Å². The van der Waals surface area contributed by atoms with Gasteiger partial charge in [0.2, 0.25) is 11.8 Å². The maximum absolute atomic E-state index is 11.9. The third kappa shape index (κ3) is 1.67. The van der Waals surface area contributed by atoms with Crippen molar-refractivity contribution >= 4 is 17.5 Å². The van der Waals surface area contributed by atoms with Crippen molar-refractivity contribution < 1.29 is 9.59 Å². The number of hydrogen-bond donors (Lipinski definition) is 3. The van der Waals surface area contributed by atoms with Gasteiger partial charge in [0, 0.05) is 24.7 Å². The lowest BCUT2D eigenvalue weighted by Gasteiger charge is -2.26. The van der Waals surface area contributed by atoms with E-state index >= 15 is 0 Å². The van der Waals surface area contributed by atoms with Crippen molar-refractivity contribution in [3.63, 3.8) is 0 Å². The first-order valence-electron chi connectivity index (χ1n) is 6.11. The SMILES string of the molecule is Nc1cccc2c1CNC2C1CCC(=O)NC1=O. The molecule has 0 saturated carbocycles. The van der Waals surface area contributed by atoms with E-state index in [-0.39, 0.29) is 23.8 Å². The first-order chi connectivity index (χ1) is 8.66. The lowest BCUT2D eigenvalue weighted by atomic mass is 9.86. The van der Waals surface area contributed by atoms with Gasteiger partial charge in [-0.2, -0.15) is 0 Å². The summed E-state index contributed by atoms with van der Waals surface area (Å²) in [5.74, 6) is -0.549. The van der Waals surface area contributed by atoms with Crippen LogP contribution in [0.3, 0.4) is 0 Å². The Labute approximate surface area is 105 Å². The number of carbonyl (C=O) groups excluding carboxylic acids is 2. The smallest absolute Gasteiger partial charge is 0.231 e. The van der Waals surface area contributed by atoms with Crippen LogP contribution < -0.4 is 16.4 Å². The molecule has 1 aromatic rings. The van der Waals surface area contributed by atoms with Gasteiger partial charge in [0.1, 0.15) is 0 Å². The van der Waals surface area contributed by atoms with Crippen molar-refractivity contribution in [3.8, 4) is 0 Å². The third-order valence-electron chi connectivity index (χ3n) is 3.77. The van der Waals surface area contributed by atoms with Crippen LogP contribution in [0.4, 0.5) is 5.69 Å². The normalized spacial score (nSPS) is 26.9. The van der Waals surface area contributed by atoms with Crippen LogP contribution in [0.25, 0.3) is 0 Å². The lowest BCUT2D eigenvalue weighted by molar-refractivity contribution is -0.137. The van der Waals surface area contributed by atoms with E-state index in [4.69, 9.17) is 5.73 Å². The molecule has 2 heterocycles. The molecule has 94 valence electrons. The molecule has 0 aliphatic carbocycles. The highest BCUT2D eigenvalue weighted by atomic mass is 16.2. The van der Waals surface area contributed by atoms with Crippen LogP contribution in [0.2, 0.25) is 0 Å². The third-order valence-corrected chi connectivity index (χ3v) is 3.77. The van der Waals surface area contributed by atoms with Crippen molar-refractivity contribution in [2.75, 3.05) is 5.73 Å². The van der Waals surface area contributed by atoms with Gasteiger partial charge in [-0.25, -0.2) is 0 Å².